The van der Waals surface area contributed by atoms with E-state index in [4.69, 9.17) is 5.73 Å². The minimum absolute atomic E-state index is 0.0114. The molecule has 1 amide bonds. The van der Waals surface area contributed by atoms with Crippen molar-refractivity contribution >= 4 is 17.8 Å². The van der Waals surface area contributed by atoms with Crippen molar-refractivity contribution in [1.82, 2.24) is 24.6 Å². The summed E-state index contributed by atoms with van der Waals surface area (Å²) in [4.78, 5) is 34.1. The van der Waals surface area contributed by atoms with E-state index < -0.39 is 5.97 Å². The molecule has 0 bridgehead atoms. The maximum absolute atomic E-state index is 12.9. The van der Waals surface area contributed by atoms with E-state index in [-0.39, 0.29) is 29.8 Å². The zero-order chi connectivity index (χ0) is 19.0. The average Bonchev–Trinajstić information content (AvgIpc) is 2.89. The Morgan fingerprint density at radius 1 is 1.35 bits per heavy atom. The molecule has 3 N–H and O–H groups in total. The molecule has 0 radical (unpaired) electrons. The van der Waals surface area contributed by atoms with E-state index >= 15 is 0 Å². The van der Waals surface area contributed by atoms with Crippen molar-refractivity contribution in [2.75, 3.05) is 12.3 Å². The van der Waals surface area contributed by atoms with Crippen LogP contribution in [0.3, 0.4) is 0 Å². The zero-order valence-electron chi connectivity index (χ0n) is 15.1. The van der Waals surface area contributed by atoms with Crippen LogP contribution < -0.4 is 5.73 Å². The number of amides is 1. The van der Waals surface area contributed by atoms with Gasteiger partial charge in [0, 0.05) is 37.0 Å². The molecule has 9 heteroatoms. The number of carboxylic acid groups (broad SMARTS) is 1. The third-order valence-electron chi connectivity index (χ3n) is 4.37. The third kappa shape index (κ3) is 3.37. The number of rotatable bonds is 4. The fourth-order valence-corrected chi connectivity index (χ4v) is 3.25. The highest BCUT2D eigenvalue weighted by atomic mass is 16.4. The molecule has 3 heterocycles. The van der Waals surface area contributed by atoms with Crippen molar-refractivity contribution in [3.8, 4) is 0 Å². The second kappa shape index (κ2) is 6.74. The summed E-state index contributed by atoms with van der Waals surface area (Å²) in [6.45, 7) is 4.77. The smallest absolute Gasteiger partial charge is 0.356 e. The molecule has 0 atom stereocenters. The van der Waals surface area contributed by atoms with E-state index in [1.807, 2.05) is 0 Å². The molecule has 0 spiro atoms. The molecule has 2 aromatic heterocycles. The average molecular weight is 358 g/mol. The molecule has 1 aliphatic rings. The predicted molar refractivity (Wildman–Crippen MR) is 93.6 cm³/mol. The predicted octanol–water partition coefficient (Wildman–Crippen LogP) is 0.887. The molecule has 0 unspecified atom stereocenters. The van der Waals surface area contributed by atoms with Crippen LogP contribution in [0.4, 0.5) is 5.95 Å². The van der Waals surface area contributed by atoms with E-state index in [0.29, 0.717) is 30.9 Å². The van der Waals surface area contributed by atoms with E-state index in [9.17, 15) is 14.7 Å². The summed E-state index contributed by atoms with van der Waals surface area (Å²) >= 11 is 0. The first-order valence-electron chi connectivity index (χ1n) is 8.47. The normalized spacial score (nSPS) is 13.8. The molecule has 138 valence electrons. The lowest BCUT2D eigenvalue weighted by Crippen LogP contribution is -2.37. The Morgan fingerprint density at radius 2 is 2.08 bits per heavy atom. The number of anilines is 1. The lowest BCUT2D eigenvalue weighted by molar-refractivity contribution is 0.0673. The minimum Gasteiger partial charge on any atom is -0.476 e. The number of nitrogens with zero attached hydrogens (tertiary/aromatic N) is 5. The van der Waals surface area contributed by atoms with Gasteiger partial charge in [-0.1, -0.05) is 13.8 Å². The molecular formula is C17H22N6O3. The van der Waals surface area contributed by atoms with Crippen molar-refractivity contribution in [2.24, 2.45) is 13.0 Å². The first-order chi connectivity index (χ1) is 12.3. The maximum atomic E-state index is 12.9. The third-order valence-corrected chi connectivity index (χ3v) is 4.37. The van der Waals surface area contributed by atoms with Crippen molar-refractivity contribution in [3.05, 3.63) is 34.4 Å². The largest absolute Gasteiger partial charge is 0.476 e. The number of aromatic carboxylic acids is 1. The minimum atomic E-state index is -1.10. The number of hydrogen-bond acceptors (Lipinski definition) is 6. The van der Waals surface area contributed by atoms with Crippen molar-refractivity contribution in [2.45, 2.75) is 33.2 Å². The van der Waals surface area contributed by atoms with Gasteiger partial charge < -0.3 is 15.7 Å². The first-order valence-corrected chi connectivity index (χ1v) is 8.47. The van der Waals surface area contributed by atoms with Gasteiger partial charge in [0.1, 0.15) is 5.69 Å². The SMILES string of the molecule is CC(C)Cc1cc(C(=O)N2CCc3c(c(C(=O)O)nn3C)C2)nc(N)n1. The highest BCUT2D eigenvalue weighted by Crippen LogP contribution is 2.23. The number of hydrogen-bond donors (Lipinski definition) is 2. The maximum Gasteiger partial charge on any atom is 0.356 e. The number of nitrogen functional groups attached to an aromatic ring is 1. The van der Waals surface area contributed by atoms with Gasteiger partial charge in [-0.15, -0.1) is 0 Å². The second-order valence-electron chi connectivity index (χ2n) is 6.88. The lowest BCUT2D eigenvalue weighted by atomic mass is 10.0. The van der Waals surface area contributed by atoms with Crippen LogP contribution in [0.5, 0.6) is 0 Å². The molecule has 3 rings (SSSR count). The van der Waals surface area contributed by atoms with Crippen LogP contribution in [0, 0.1) is 5.92 Å². The van der Waals surface area contributed by atoms with E-state index in [2.05, 4.69) is 28.9 Å². The van der Waals surface area contributed by atoms with Crippen molar-refractivity contribution in [1.29, 1.82) is 0 Å². The van der Waals surface area contributed by atoms with Gasteiger partial charge in [-0.25, -0.2) is 14.8 Å². The molecular weight excluding hydrogens is 336 g/mol. The van der Waals surface area contributed by atoms with Crippen molar-refractivity contribution in [3.63, 3.8) is 0 Å². The summed E-state index contributed by atoms with van der Waals surface area (Å²) in [5, 5.41) is 13.4. The van der Waals surface area contributed by atoms with E-state index in [1.54, 1.807) is 22.7 Å². The number of aryl methyl sites for hydroxylation is 1. The second-order valence-corrected chi connectivity index (χ2v) is 6.88. The van der Waals surface area contributed by atoms with Gasteiger partial charge in [0.05, 0.1) is 6.54 Å². The molecule has 26 heavy (non-hydrogen) atoms. The number of aromatic nitrogens is 4. The summed E-state index contributed by atoms with van der Waals surface area (Å²) < 4.78 is 1.57. The van der Waals surface area contributed by atoms with Crippen LogP contribution in [-0.2, 0) is 26.4 Å². The molecule has 0 fully saturated rings. The summed E-state index contributed by atoms with van der Waals surface area (Å²) in [5.74, 6) is -0.938. The standard InChI is InChI=1S/C17H22N6O3/c1-9(2)6-10-7-12(20-17(18)19-10)15(24)23-5-4-13-11(8-23)14(16(25)26)21-22(13)3/h7,9H,4-6,8H2,1-3H3,(H,25,26)(H2,18,19,20). The van der Waals surface area contributed by atoms with Gasteiger partial charge in [-0.2, -0.15) is 5.10 Å². The molecule has 0 aromatic carbocycles. The number of carbonyl (C=O) groups is 2. The number of nitrogens with two attached hydrogens (primary N) is 1. The van der Waals surface area contributed by atoms with Crippen molar-refractivity contribution < 1.29 is 14.7 Å². The number of fused-ring (bicyclic) bond motifs is 1. The Hall–Kier alpha value is -2.97. The van der Waals surface area contributed by atoms with Gasteiger partial charge >= 0.3 is 5.97 Å². The first kappa shape index (κ1) is 17.8. The summed E-state index contributed by atoms with van der Waals surface area (Å²) in [6, 6.07) is 1.66. The Balaban J connectivity index is 1.88. The summed E-state index contributed by atoms with van der Waals surface area (Å²) in [5.41, 5.74) is 8.12. The molecule has 0 saturated heterocycles. The Morgan fingerprint density at radius 3 is 2.73 bits per heavy atom. The van der Waals surface area contributed by atoms with E-state index in [0.717, 1.165) is 11.4 Å². The topological polar surface area (TPSA) is 127 Å². The molecule has 9 nitrogen and oxygen atoms in total. The lowest BCUT2D eigenvalue weighted by Gasteiger charge is -2.27. The number of carbonyl (C=O) groups excluding carboxylic acids is 1. The highest BCUT2D eigenvalue weighted by Gasteiger charge is 2.30. The van der Waals surface area contributed by atoms with Crippen LogP contribution in [0.15, 0.2) is 6.07 Å². The number of carboxylic acids is 1. The fourth-order valence-electron chi connectivity index (χ4n) is 3.25. The van der Waals surface area contributed by atoms with Gasteiger partial charge in [0.15, 0.2) is 5.69 Å². The highest BCUT2D eigenvalue weighted by molar-refractivity contribution is 5.93. The van der Waals surface area contributed by atoms with Gasteiger partial charge in [-0.3, -0.25) is 9.48 Å². The quantitative estimate of drug-likeness (QED) is 0.830. The van der Waals surface area contributed by atoms with Crippen LogP contribution in [0.2, 0.25) is 0 Å². The molecule has 2 aromatic rings. The monoisotopic (exact) mass is 358 g/mol. The Kier molecular flexibility index (Phi) is 4.62. The van der Waals surface area contributed by atoms with Crippen LogP contribution in [0.1, 0.15) is 51.8 Å². The van der Waals surface area contributed by atoms with Gasteiger partial charge in [0.25, 0.3) is 5.91 Å². The molecule has 0 saturated carbocycles. The van der Waals surface area contributed by atoms with Crippen LogP contribution in [-0.4, -0.2) is 48.2 Å². The summed E-state index contributed by atoms with van der Waals surface area (Å²) in [6.07, 6.45) is 1.24. The van der Waals surface area contributed by atoms with E-state index in [1.165, 1.54) is 0 Å². The molecule has 0 aliphatic carbocycles. The Bertz CT molecular complexity index is 874. The Labute approximate surface area is 150 Å². The zero-order valence-corrected chi connectivity index (χ0v) is 15.1. The van der Waals surface area contributed by atoms with Crippen LogP contribution >= 0.6 is 0 Å². The van der Waals surface area contributed by atoms with Crippen LogP contribution in [0.25, 0.3) is 0 Å². The van der Waals surface area contributed by atoms with Gasteiger partial charge in [0.2, 0.25) is 5.95 Å². The summed E-state index contributed by atoms with van der Waals surface area (Å²) in [7, 11) is 1.71. The fraction of sp³-hybridized carbons (Fsp3) is 0.471. The molecule has 1 aliphatic heterocycles. The van der Waals surface area contributed by atoms with Gasteiger partial charge in [-0.05, 0) is 18.4 Å².